The molecule has 10 heteroatoms. The van der Waals surface area contributed by atoms with Gasteiger partial charge in [0.05, 0.1) is 31.3 Å². The molecule has 0 spiro atoms. The third-order valence-corrected chi connectivity index (χ3v) is 4.26. The number of ether oxygens (including phenoxy) is 4. The Morgan fingerprint density at radius 3 is 2.07 bits per heavy atom. The van der Waals surface area contributed by atoms with E-state index >= 15 is 0 Å². The Bertz CT molecular complexity index is 983. The second kappa shape index (κ2) is 9.05. The number of anilines is 1. The Labute approximate surface area is 171 Å². The highest BCUT2D eigenvalue weighted by atomic mass is 16.6. The first-order chi connectivity index (χ1) is 14.4. The zero-order valence-electron chi connectivity index (χ0n) is 16.2. The van der Waals surface area contributed by atoms with Crippen molar-refractivity contribution in [3.63, 3.8) is 0 Å². The highest BCUT2D eigenvalue weighted by Crippen LogP contribution is 2.30. The van der Waals surface area contributed by atoms with Crippen molar-refractivity contribution in [2.24, 2.45) is 0 Å². The highest BCUT2D eigenvalue weighted by Gasteiger charge is 2.32. The smallest absolute Gasteiger partial charge is 0.355 e. The van der Waals surface area contributed by atoms with Crippen molar-refractivity contribution in [1.82, 2.24) is 0 Å². The van der Waals surface area contributed by atoms with E-state index in [9.17, 15) is 19.7 Å². The molecule has 0 N–H and O–H groups in total. The highest BCUT2D eigenvalue weighted by molar-refractivity contribution is 6.03. The lowest BCUT2D eigenvalue weighted by atomic mass is 10.1. The second-order valence-corrected chi connectivity index (χ2v) is 6.06. The number of nitrogens with zero attached hydrogens (tertiary/aromatic N) is 2. The number of carbonyl (C=O) groups excluding carboxylic acids is 2. The van der Waals surface area contributed by atoms with E-state index in [-0.39, 0.29) is 30.3 Å². The van der Waals surface area contributed by atoms with Gasteiger partial charge in [0, 0.05) is 17.8 Å². The molecule has 3 rings (SSSR count). The van der Waals surface area contributed by atoms with Crippen LogP contribution in [-0.2, 0) is 23.8 Å². The molecule has 10 nitrogen and oxygen atoms in total. The van der Waals surface area contributed by atoms with E-state index in [4.69, 9.17) is 18.9 Å². The average Bonchev–Trinajstić information content (AvgIpc) is 2.78. The van der Waals surface area contributed by atoms with Crippen LogP contribution in [0.1, 0.15) is 0 Å². The van der Waals surface area contributed by atoms with Gasteiger partial charge in [0.2, 0.25) is 0 Å². The van der Waals surface area contributed by atoms with Crippen LogP contribution in [0, 0.1) is 10.1 Å². The summed E-state index contributed by atoms with van der Waals surface area (Å²) < 4.78 is 20.7. The molecule has 156 valence electrons. The maximum atomic E-state index is 12.3. The molecule has 0 fully saturated rings. The van der Waals surface area contributed by atoms with Crippen LogP contribution in [0.3, 0.4) is 0 Å². The zero-order valence-corrected chi connectivity index (χ0v) is 16.2. The summed E-state index contributed by atoms with van der Waals surface area (Å²) in [6.07, 6.45) is 0. The summed E-state index contributed by atoms with van der Waals surface area (Å²) in [4.78, 5) is 36.1. The van der Waals surface area contributed by atoms with Crippen molar-refractivity contribution >= 4 is 23.3 Å². The molecule has 2 aromatic carbocycles. The lowest BCUT2D eigenvalue weighted by Crippen LogP contribution is -2.38. The van der Waals surface area contributed by atoms with Crippen LogP contribution in [0.5, 0.6) is 11.5 Å². The molecule has 1 heterocycles. The average molecular weight is 414 g/mol. The molecule has 0 bridgehead atoms. The normalized spacial score (nSPS) is 13.6. The molecule has 0 atom stereocenters. The molecule has 0 aliphatic carbocycles. The summed E-state index contributed by atoms with van der Waals surface area (Å²) >= 11 is 0. The summed E-state index contributed by atoms with van der Waals surface area (Å²) in [6, 6.07) is 12.3. The van der Waals surface area contributed by atoms with Crippen LogP contribution in [0.4, 0.5) is 11.4 Å². The molecular formula is C20H18N2O8. The summed E-state index contributed by atoms with van der Waals surface area (Å²) in [7, 11) is 2.44. The third kappa shape index (κ3) is 4.39. The first-order valence-corrected chi connectivity index (χ1v) is 8.72. The standard InChI is InChI=1S/C20H18N2O8/c1-27-19(23)17-11-29-12-21(18(17)20(24)28-2)13-3-7-15(8-4-13)30-16-9-5-14(6-10-16)22(25)26/h3-10H,11-12H2,1-2H3. The molecule has 0 amide bonds. The van der Waals surface area contributed by atoms with Crippen molar-refractivity contribution in [3.05, 3.63) is 69.9 Å². The summed E-state index contributed by atoms with van der Waals surface area (Å²) in [6.45, 7) is -0.0393. The van der Waals surface area contributed by atoms with Crippen LogP contribution < -0.4 is 9.64 Å². The molecular weight excluding hydrogens is 396 g/mol. The lowest BCUT2D eigenvalue weighted by molar-refractivity contribution is -0.384. The van der Waals surface area contributed by atoms with Crippen molar-refractivity contribution in [2.75, 3.05) is 32.5 Å². The van der Waals surface area contributed by atoms with Crippen LogP contribution in [0.15, 0.2) is 59.8 Å². The van der Waals surface area contributed by atoms with Gasteiger partial charge in [-0.2, -0.15) is 0 Å². The Morgan fingerprint density at radius 1 is 0.967 bits per heavy atom. The minimum Gasteiger partial charge on any atom is -0.466 e. The van der Waals surface area contributed by atoms with E-state index in [2.05, 4.69) is 0 Å². The fourth-order valence-electron chi connectivity index (χ4n) is 2.81. The topological polar surface area (TPSA) is 117 Å². The third-order valence-electron chi connectivity index (χ3n) is 4.26. The Kier molecular flexibility index (Phi) is 6.28. The van der Waals surface area contributed by atoms with Gasteiger partial charge in [0.1, 0.15) is 23.9 Å². The first-order valence-electron chi connectivity index (χ1n) is 8.72. The molecule has 0 unspecified atom stereocenters. The van der Waals surface area contributed by atoms with Crippen molar-refractivity contribution in [2.45, 2.75) is 0 Å². The quantitative estimate of drug-likeness (QED) is 0.399. The number of benzene rings is 2. The van der Waals surface area contributed by atoms with Gasteiger partial charge < -0.3 is 23.8 Å². The van der Waals surface area contributed by atoms with Gasteiger partial charge in [-0.25, -0.2) is 9.59 Å². The van der Waals surface area contributed by atoms with Crippen molar-refractivity contribution < 1.29 is 33.5 Å². The number of carbonyl (C=O) groups is 2. The number of methoxy groups -OCH3 is 2. The largest absolute Gasteiger partial charge is 0.466 e. The maximum absolute atomic E-state index is 12.3. The van der Waals surface area contributed by atoms with Gasteiger partial charge in [0.25, 0.3) is 5.69 Å². The number of hydrogen-bond donors (Lipinski definition) is 0. The predicted octanol–water partition coefficient (Wildman–Crippen LogP) is 2.78. The SMILES string of the molecule is COC(=O)C1=C(C(=O)OC)N(c2ccc(Oc3ccc([N+](=O)[O-])cc3)cc2)COC1. The van der Waals surface area contributed by atoms with Crippen molar-refractivity contribution in [3.8, 4) is 11.5 Å². The van der Waals surface area contributed by atoms with Crippen LogP contribution in [0.2, 0.25) is 0 Å². The number of non-ortho nitro benzene ring substituents is 1. The summed E-state index contributed by atoms with van der Waals surface area (Å²) in [5.74, 6) is -0.469. The van der Waals surface area contributed by atoms with Gasteiger partial charge in [-0.15, -0.1) is 0 Å². The predicted molar refractivity (Wildman–Crippen MR) is 104 cm³/mol. The Balaban J connectivity index is 1.84. The molecule has 30 heavy (non-hydrogen) atoms. The van der Waals surface area contributed by atoms with E-state index < -0.39 is 16.9 Å². The summed E-state index contributed by atoms with van der Waals surface area (Å²) in [5.41, 5.74) is 0.625. The van der Waals surface area contributed by atoms with E-state index in [0.29, 0.717) is 17.2 Å². The van der Waals surface area contributed by atoms with Crippen LogP contribution >= 0.6 is 0 Å². The fraction of sp³-hybridized carbons (Fsp3) is 0.200. The van der Waals surface area contributed by atoms with E-state index in [1.165, 1.54) is 43.4 Å². The number of nitro benzene ring substituents is 1. The van der Waals surface area contributed by atoms with Crippen LogP contribution in [-0.4, -0.2) is 44.4 Å². The van der Waals surface area contributed by atoms with Crippen LogP contribution in [0.25, 0.3) is 0 Å². The second-order valence-electron chi connectivity index (χ2n) is 6.06. The Hall–Kier alpha value is -3.92. The van der Waals surface area contributed by atoms with Gasteiger partial charge in [0.15, 0.2) is 0 Å². The molecule has 1 aliphatic rings. The van der Waals surface area contributed by atoms with E-state index in [1.54, 1.807) is 24.3 Å². The molecule has 0 saturated heterocycles. The molecule has 0 saturated carbocycles. The molecule has 1 aliphatic heterocycles. The number of rotatable bonds is 6. The van der Waals surface area contributed by atoms with Gasteiger partial charge in [-0.3, -0.25) is 10.1 Å². The fourth-order valence-corrected chi connectivity index (χ4v) is 2.81. The van der Waals surface area contributed by atoms with Gasteiger partial charge >= 0.3 is 11.9 Å². The number of hydrogen-bond acceptors (Lipinski definition) is 9. The summed E-state index contributed by atoms with van der Waals surface area (Å²) in [5, 5.41) is 10.7. The minimum atomic E-state index is -0.690. The monoisotopic (exact) mass is 414 g/mol. The van der Waals surface area contributed by atoms with Gasteiger partial charge in [-0.1, -0.05) is 0 Å². The zero-order chi connectivity index (χ0) is 21.7. The molecule has 0 radical (unpaired) electrons. The van der Waals surface area contributed by atoms with E-state index in [0.717, 1.165) is 0 Å². The number of esters is 2. The molecule has 2 aromatic rings. The first kappa shape index (κ1) is 20.8. The minimum absolute atomic E-state index is 0.0352. The lowest BCUT2D eigenvalue weighted by Gasteiger charge is -2.31. The van der Waals surface area contributed by atoms with E-state index in [1.807, 2.05) is 0 Å². The van der Waals surface area contributed by atoms with Crippen molar-refractivity contribution in [1.29, 1.82) is 0 Å². The number of nitro groups is 1. The Morgan fingerprint density at radius 2 is 1.53 bits per heavy atom. The molecule has 0 aromatic heterocycles. The maximum Gasteiger partial charge on any atom is 0.355 e. The van der Waals surface area contributed by atoms with Gasteiger partial charge in [-0.05, 0) is 36.4 Å².